The summed E-state index contributed by atoms with van der Waals surface area (Å²) in [6.45, 7) is 19.2. The molecule has 0 unspecified atom stereocenters. The lowest BCUT2D eigenvalue weighted by molar-refractivity contribution is 0.592. The molecule has 0 aromatic rings. The molecule has 0 saturated heterocycles. The Bertz CT molecular complexity index is 396. The van der Waals surface area contributed by atoms with E-state index in [1.54, 1.807) is 0 Å². The molecule has 0 N–H and O–H groups in total. The van der Waals surface area contributed by atoms with Gasteiger partial charge >= 0.3 is 0 Å². The zero-order valence-corrected chi connectivity index (χ0v) is 15.7. The van der Waals surface area contributed by atoms with Crippen molar-refractivity contribution in [3.8, 4) is 0 Å². The second-order valence-corrected chi connectivity index (χ2v) is 5.84. The highest BCUT2D eigenvalue weighted by Crippen LogP contribution is 2.29. The Hall–Kier alpha value is -1.30. The van der Waals surface area contributed by atoms with Crippen molar-refractivity contribution in [2.24, 2.45) is 11.3 Å². The van der Waals surface area contributed by atoms with Gasteiger partial charge in [0.25, 0.3) is 0 Å². The fraction of sp³-hybridized carbons (Fsp3) is 0.524. The fourth-order valence-electron chi connectivity index (χ4n) is 1.83. The van der Waals surface area contributed by atoms with Gasteiger partial charge in [0.15, 0.2) is 0 Å². The molecule has 0 heteroatoms. The molecule has 0 aliphatic heterocycles. The fourth-order valence-corrected chi connectivity index (χ4v) is 1.83. The highest BCUT2D eigenvalue weighted by Gasteiger charge is 2.16. The average Bonchev–Trinajstić information content (AvgIpc) is 2.41. The summed E-state index contributed by atoms with van der Waals surface area (Å²) < 4.78 is 0. The molecule has 0 heterocycles. The van der Waals surface area contributed by atoms with Gasteiger partial charge in [-0.15, -0.1) is 0 Å². The maximum absolute atomic E-state index is 2.26. The van der Waals surface area contributed by atoms with Crippen LogP contribution in [0.2, 0.25) is 0 Å². The quantitative estimate of drug-likeness (QED) is 0.451. The van der Waals surface area contributed by atoms with E-state index in [2.05, 4.69) is 90.2 Å². The van der Waals surface area contributed by atoms with E-state index in [1.807, 2.05) is 20.8 Å². The molecule has 0 rings (SSSR count). The van der Waals surface area contributed by atoms with Gasteiger partial charge in [0, 0.05) is 5.41 Å². The van der Waals surface area contributed by atoms with Crippen LogP contribution in [0.15, 0.2) is 59.8 Å². The first kappa shape index (κ1) is 22.0. The van der Waals surface area contributed by atoms with Gasteiger partial charge in [-0.25, -0.2) is 0 Å². The van der Waals surface area contributed by atoms with Gasteiger partial charge in [0.1, 0.15) is 0 Å². The molecule has 0 bridgehead atoms. The maximum Gasteiger partial charge on any atom is 0.00750 e. The van der Waals surface area contributed by atoms with Crippen molar-refractivity contribution in [3.05, 3.63) is 59.8 Å². The van der Waals surface area contributed by atoms with E-state index in [4.69, 9.17) is 0 Å². The van der Waals surface area contributed by atoms with Gasteiger partial charge in [-0.2, -0.15) is 0 Å². The molecule has 21 heavy (non-hydrogen) atoms. The van der Waals surface area contributed by atoms with E-state index in [0.717, 1.165) is 0 Å². The normalized spacial score (nSPS) is 14.4. The van der Waals surface area contributed by atoms with Crippen LogP contribution in [0, 0.1) is 11.3 Å². The molecular weight excluding hydrogens is 252 g/mol. The zero-order valence-electron chi connectivity index (χ0n) is 15.7. The first-order valence-corrected chi connectivity index (χ1v) is 8.17. The highest BCUT2D eigenvalue weighted by atomic mass is 14.2. The van der Waals surface area contributed by atoms with Crippen LogP contribution in [0.3, 0.4) is 0 Å². The van der Waals surface area contributed by atoms with Gasteiger partial charge in [-0.3, -0.25) is 0 Å². The van der Waals surface area contributed by atoms with Crippen molar-refractivity contribution < 1.29 is 0 Å². The standard InChI is InChI=1S/C19H30.C2H6/c1-8-11-17(5)12-10-15-19(6,7)18(9-2)14-13-16(3)4;1-2/h8-16H,1-7H3;1-2H3/b11-8-,14-13-,15-10+,17-12-,18-9+;. The van der Waals surface area contributed by atoms with Crippen molar-refractivity contribution in [2.75, 3.05) is 0 Å². The number of allylic oxidation sites excluding steroid dienone is 10. The lowest BCUT2D eigenvalue weighted by Crippen LogP contribution is -2.09. The minimum atomic E-state index is 0.0624. The van der Waals surface area contributed by atoms with E-state index in [-0.39, 0.29) is 5.41 Å². The summed E-state index contributed by atoms with van der Waals surface area (Å²) >= 11 is 0. The molecule has 0 aromatic heterocycles. The molecule has 0 atom stereocenters. The van der Waals surface area contributed by atoms with Crippen molar-refractivity contribution >= 4 is 0 Å². The Morgan fingerprint density at radius 1 is 1.00 bits per heavy atom. The Labute approximate surface area is 134 Å². The molecule has 0 aromatic carbocycles. The number of hydrogen-bond acceptors (Lipinski definition) is 0. The van der Waals surface area contributed by atoms with E-state index < -0.39 is 0 Å². The SMILES string of the molecule is CC.C\C=C/C(C)=C\C=C\C(C)(C)C(/C=C\C(C)C)=C/C. The Morgan fingerprint density at radius 3 is 2.00 bits per heavy atom. The lowest BCUT2D eigenvalue weighted by atomic mass is 9.83. The third-order valence-corrected chi connectivity index (χ3v) is 3.02. The predicted octanol–water partition coefficient (Wildman–Crippen LogP) is 7.28. The lowest BCUT2D eigenvalue weighted by Gasteiger charge is -2.22. The molecule has 0 amide bonds. The molecule has 0 nitrogen and oxygen atoms in total. The second-order valence-electron chi connectivity index (χ2n) is 5.84. The molecule has 120 valence electrons. The maximum atomic E-state index is 2.26. The summed E-state index contributed by atoms with van der Waals surface area (Å²) in [4.78, 5) is 0. The minimum absolute atomic E-state index is 0.0624. The van der Waals surface area contributed by atoms with Gasteiger partial charge in [0.05, 0.1) is 0 Å². The van der Waals surface area contributed by atoms with Gasteiger partial charge in [0.2, 0.25) is 0 Å². The van der Waals surface area contributed by atoms with E-state index >= 15 is 0 Å². The molecular formula is C21H36. The van der Waals surface area contributed by atoms with Crippen molar-refractivity contribution in [2.45, 2.75) is 62.3 Å². The summed E-state index contributed by atoms with van der Waals surface area (Å²) in [7, 11) is 0. The minimum Gasteiger partial charge on any atom is -0.0874 e. The Morgan fingerprint density at radius 2 is 1.57 bits per heavy atom. The molecule has 0 radical (unpaired) electrons. The topological polar surface area (TPSA) is 0 Å². The third-order valence-electron chi connectivity index (χ3n) is 3.02. The smallest absolute Gasteiger partial charge is 0.00750 e. The third kappa shape index (κ3) is 11.1. The molecule has 0 aliphatic carbocycles. The van der Waals surface area contributed by atoms with Crippen LogP contribution in [0.1, 0.15) is 62.3 Å². The van der Waals surface area contributed by atoms with Crippen LogP contribution in [-0.4, -0.2) is 0 Å². The average molecular weight is 289 g/mol. The molecule has 0 spiro atoms. The number of rotatable bonds is 6. The summed E-state index contributed by atoms with van der Waals surface area (Å²) in [5.74, 6) is 0.589. The van der Waals surface area contributed by atoms with Crippen LogP contribution in [0.25, 0.3) is 0 Å². The van der Waals surface area contributed by atoms with Gasteiger partial charge in [-0.05, 0) is 32.3 Å². The van der Waals surface area contributed by atoms with Crippen LogP contribution >= 0.6 is 0 Å². The summed E-state index contributed by atoms with van der Waals surface area (Å²) in [6, 6.07) is 0. The monoisotopic (exact) mass is 288 g/mol. The second kappa shape index (κ2) is 12.4. The van der Waals surface area contributed by atoms with Gasteiger partial charge < -0.3 is 0 Å². The Kier molecular flexibility index (Phi) is 13.0. The predicted molar refractivity (Wildman–Crippen MR) is 101 cm³/mol. The van der Waals surface area contributed by atoms with Crippen molar-refractivity contribution in [3.63, 3.8) is 0 Å². The summed E-state index contributed by atoms with van der Waals surface area (Å²) in [5, 5.41) is 0. The summed E-state index contributed by atoms with van der Waals surface area (Å²) in [6.07, 6.45) is 17.5. The molecule has 0 fully saturated rings. The van der Waals surface area contributed by atoms with E-state index in [0.29, 0.717) is 5.92 Å². The largest absolute Gasteiger partial charge is 0.0874 e. The highest BCUT2D eigenvalue weighted by molar-refractivity contribution is 5.32. The van der Waals surface area contributed by atoms with Crippen molar-refractivity contribution in [1.29, 1.82) is 0 Å². The van der Waals surface area contributed by atoms with E-state index in [9.17, 15) is 0 Å². The number of hydrogen-bond donors (Lipinski definition) is 0. The van der Waals surface area contributed by atoms with Crippen molar-refractivity contribution in [1.82, 2.24) is 0 Å². The first-order chi connectivity index (χ1) is 9.83. The van der Waals surface area contributed by atoms with Crippen LogP contribution in [0.4, 0.5) is 0 Å². The zero-order chi connectivity index (χ0) is 16.9. The summed E-state index contributed by atoms with van der Waals surface area (Å²) in [5.41, 5.74) is 2.69. The Balaban J connectivity index is 0. The van der Waals surface area contributed by atoms with Crippen LogP contribution < -0.4 is 0 Å². The van der Waals surface area contributed by atoms with Crippen LogP contribution in [0.5, 0.6) is 0 Å². The first-order valence-electron chi connectivity index (χ1n) is 8.17. The van der Waals surface area contributed by atoms with Gasteiger partial charge in [-0.1, -0.05) is 95.7 Å². The van der Waals surface area contributed by atoms with E-state index in [1.165, 1.54) is 11.1 Å². The molecule has 0 aliphatic rings. The van der Waals surface area contributed by atoms with Crippen LogP contribution in [-0.2, 0) is 0 Å². The molecule has 0 saturated carbocycles.